The summed E-state index contributed by atoms with van der Waals surface area (Å²) >= 11 is 0. The van der Waals surface area contributed by atoms with Crippen LogP contribution in [0.4, 0.5) is 0 Å². The molecule has 6 nitrogen and oxygen atoms in total. The van der Waals surface area contributed by atoms with Crippen LogP contribution in [0, 0.1) is 0 Å². The number of oxazole rings is 1. The Morgan fingerprint density at radius 2 is 2.27 bits per heavy atom. The molecule has 0 aliphatic rings. The van der Waals surface area contributed by atoms with E-state index in [4.69, 9.17) is 15.3 Å². The van der Waals surface area contributed by atoms with Gasteiger partial charge in [-0.15, -0.1) is 0 Å². The summed E-state index contributed by atoms with van der Waals surface area (Å²) in [5, 5.41) is 18.4. The highest BCUT2D eigenvalue weighted by Gasteiger charge is 2.20. The Bertz CT molecular complexity index is 520. The fourth-order valence-electron chi connectivity index (χ4n) is 1.32. The van der Waals surface area contributed by atoms with Gasteiger partial charge in [0.25, 0.3) is 0 Å². The molecule has 1 atom stereocenters. The minimum atomic E-state index is -1.27. The Balaban J connectivity index is 2.62. The van der Waals surface area contributed by atoms with Crippen LogP contribution in [0.25, 0.3) is 11.1 Å². The van der Waals surface area contributed by atoms with Gasteiger partial charge in [0.15, 0.2) is 23.2 Å². The third kappa shape index (κ3) is 1.40. The Morgan fingerprint density at radius 1 is 1.53 bits per heavy atom. The van der Waals surface area contributed by atoms with E-state index >= 15 is 0 Å². The van der Waals surface area contributed by atoms with Crippen molar-refractivity contribution in [3.63, 3.8) is 0 Å². The van der Waals surface area contributed by atoms with Gasteiger partial charge in [0.2, 0.25) is 0 Å². The lowest BCUT2D eigenvalue weighted by atomic mass is 10.1. The smallest absolute Gasteiger partial charge is 0.325 e. The van der Waals surface area contributed by atoms with Crippen LogP contribution in [-0.4, -0.2) is 21.2 Å². The third-order valence-electron chi connectivity index (χ3n) is 2.11. The van der Waals surface area contributed by atoms with E-state index in [9.17, 15) is 9.90 Å². The topological polar surface area (TPSA) is 110 Å². The summed E-state index contributed by atoms with van der Waals surface area (Å²) in [6.07, 6.45) is 1.17. The van der Waals surface area contributed by atoms with Crippen molar-refractivity contribution in [1.82, 2.24) is 4.98 Å². The van der Waals surface area contributed by atoms with E-state index in [-0.39, 0.29) is 16.8 Å². The largest absolute Gasteiger partial charge is 0.505 e. The zero-order valence-corrected chi connectivity index (χ0v) is 7.54. The number of benzene rings is 1. The van der Waals surface area contributed by atoms with Crippen molar-refractivity contribution < 1.29 is 19.4 Å². The maximum atomic E-state index is 10.6. The number of carboxylic acids is 1. The number of carboxylic acid groups (broad SMARTS) is 1. The summed E-state index contributed by atoms with van der Waals surface area (Å²) in [5.41, 5.74) is 6.09. The molecule has 4 N–H and O–H groups in total. The minimum absolute atomic E-state index is 0.115. The molecule has 0 spiro atoms. The molecule has 15 heavy (non-hydrogen) atoms. The third-order valence-corrected chi connectivity index (χ3v) is 2.11. The molecule has 1 heterocycles. The van der Waals surface area contributed by atoms with Crippen molar-refractivity contribution in [2.24, 2.45) is 5.73 Å². The molecule has 1 unspecified atom stereocenters. The van der Waals surface area contributed by atoms with Crippen LogP contribution in [0.3, 0.4) is 0 Å². The number of hydrogen-bond acceptors (Lipinski definition) is 5. The SMILES string of the molecule is NC(C(=O)O)c1ccc2ocnc2c1O. The molecule has 6 heteroatoms. The second-order valence-electron chi connectivity index (χ2n) is 3.02. The summed E-state index contributed by atoms with van der Waals surface area (Å²) < 4.78 is 4.93. The Kier molecular flexibility index (Phi) is 2.05. The second-order valence-corrected chi connectivity index (χ2v) is 3.02. The summed E-state index contributed by atoms with van der Waals surface area (Å²) in [5.74, 6) is -1.47. The van der Waals surface area contributed by atoms with Crippen molar-refractivity contribution in [1.29, 1.82) is 0 Å². The molecular weight excluding hydrogens is 200 g/mol. The van der Waals surface area contributed by atoms with E-state index in [1.165, 1.54) is 18.5 Å². The predicted molar refractivity (Wildman–Crippen MR) is 50.2 cm³/mol. The van der Waals surface area contributed by atoms with Gasteiger partial charge in [-0.25, -0.2) is 4.98 Å². The number of nitrogens with zero attached hydrogens (tertiary/aromatic N) is 1. The van der Waals surface area contributed by atoms with Crippen LogP contribution >= 0.6 is 0 Å². The van der Waals surface area contributed by atoms with Crippen LogP contribution in [0.5, 0.6) is 5.75 Å². The first-order valence-electron chi connectivity index (χ1n) is 4.14. The zero-order chi connectivity index (χ0) is 11.0. The van der Waals surface area contributed by atoms with E-state index in [1.807, 2.05) is 0 Å². The molecule has 78 valence electrons. The molecule has 0 bridgehead atoms. The molecular formula is C9H8N2O4. The van der Waals surface area contributed by atoms with Gasteiger partial charge in [-0.3, -0.25) is 4.79 Å². The molecule has 0 amide bonds. The van der Waals surface area contributed by atoms with Crippen LogP contribution in [0.1, 0.15) is 11.6 Å². The number of aliphatic carboxylic acids is 1. The van der Waals surface area contributed by atoms with Gasteiger partial charge in [-0.05, 0) is 12.1 Å². The molecule has 0 saturated heterocycles. The van der Waals surface area contributed by atoms with Crippen molar-refractivity contribution in [3.05, 3.63) is 24.1 Å². The quantitative estimate of drug-likeness (QED) is 0.667. The van der Waals surface area contributed by atoms with Gasteiger partial charge in [0, 0.05) is 5.56 Å². The van der Waals surface area contributed by atoms with Gasteiger partial charge in [0.05, 0.1) is 0 Å². The number of rotatable bonds is 2. The second kappa shape index (κ2) is 3.25. The van der Waals surface area contributed by atoms with E-state index < -0.39 is 12.0 Å². The van der Waals surface area contributed by atoms with E-state index in [0.717, 1.165) is 0 Å². The molecule has 0 radical (unpaired) electrons. The first kappa shape index (κ1) is 9.47. The van der Waals surface area contributed by atoms with Crippen LogP contribution in [-0.2, 0) is 4.79 Å². The highest BCUT2D eigenvalue weighted by molar-refractivity contribution is 5.85. The van der Waals surface area contributed by atoms with Crippen molar-refractivity contribution in [2.75, 3.05) is 0 Å². The maximum absolute atomic E-state index is 10.6. The van der Waals surface area contributed by atoms with Crippen molar-refractivity contribution >= 4 is 17.1 Å². The number of phenolic OH excluding ortho intramolecular Hbond substituents is 1. The Morgan fingerprint density at radius 3 is 2.93 bits per heavy atom. The van der Waals surface area contributed by atoms with Gasteiger partial charge >= 0.3 is 5.97 Å². The number of carbonyl (C=O) groups is 1. The maximum Gasteiger partial charge on any atom is 0.325 e. The molecule has 2 rings (SSSR count). The molecule has 0 aliphatic heterocycles. The number of aromatic nitrogens is 1. The summed E-state index contributed by atoms with van der Waals surface area (Å²) in [7, 11) is 0. The number of nitrogens with two attached hydrogens (primary N) is 1. The Labute approximate surface area is 83.9 Å². The van der Waals surface area contributed by atoms with Crippen LogP contribution in [0.15, 0.2) is 22.9 Å². The Hall–Kier alpha value is -2.08. The normalized spacial score (nSPS) is 12.9. The lowest BCUT2D eigenvalue weighted by Gasteiger charge is -2.08. The zero-order valence-electron chi connectivity index (χ0n) is 7.54. The number of phenols is 1. The highest BCUT2D eigenvalue weighted by atomic mass is 16.4. The molecule has 1 aromatic heterocycles. The molecule has 0 fully saturated rings. The molecule has 1 aromatic carbocycles. The van der Waals surface area contributed by atoms with Crippen LogP contribution < -0.4 is 5.73 Å². The first-order chi connectivity index (χ1) is 7.11. The van der Waals surface area contributed by atoms with E-state index in [1.54, 1.807) is 0 Å². The molecule has 0 saturated carbocycles. The van der Waals surface area contributed by atoms with Gasteiger partial charge in [0.1, 0.15) is 6.04 Å². The van der Waals surface area contributed by atoms with Gasteiger partial charge in [-0.2, -0.15) is 0 Å². The number of fused-ring (bicyclic) bond motifs is 1. The number of aromatic hydroxyl groups is 1. The average molecular weight is 208 g/mol. The lowest BCUT2D eigenvalue weighted by Crippen LogP contribution is -2.20. The molecule has 0 aliphatic carbocycles. The van der Waals surface area contributed by atoms with Gasteiger partial charge in [-0.1, -0.05) is 0 Å². The monoisotopic (exact) mass is 208 g/mol. The molecule has 2 aromatic rings. The lowest BCUT2D eigenvalue weighted by molar-refractivity contribution is -0.138. The number of hydrogen-bond donors (Lipinski definition) is 3. The van der Waals surface area contributed by atoms with Crippen molar-refractivity contribution in [2.45, 2.75) is 6.04 Å². The minimum Gasteiger partial charge on any atom is -0.505 e. The summed E-state index contributed by atoms with van der Waals surface area (Å²) in [6.45, 7) is 0. The first-order valence-corrected chi connectivity index (χ1v) is 4.14. The van der Waals surface area contributed by atoms with Gasteiger partial charge < -0.3 is 20.4 Å². The van der Waals surface area contributed by atoms with Crippen LogP contribution in [0.2, 0.25) is 0 Å². The predicted octanol–water partition coefficient (Wildman–Crippen LogP) is 0.618. The summed E-state index contributed by atoms with van der Waals surface area (Å²) in [6, 6.07) is 1.65. The van der Waals surface area contributed by atoms with E-state index in [2.05, 4.69) is 4.98 Å². The standard InChI is InChI=1S/C9H8N2O4/c10-6(9(13)14)4-1-2-5-7(8(4)12)11-3-15-5/h1-3,6,12H,10H2,(H,13,14). The highest BCUT2D eigenvalue weighted by Crippen LogP contribution is 2.30. The van der Waals surface area contributed by atoms with Crippen molar-refractivity contribution in [3.8, 4) is 5.75 Å². The van der Waals surface area contributed by atoms with E-state index in [0.29, 0.717) is 5.58 Å². The summed E-state index contributed by atoms with van der Waals surface area (Å²) in [4.78, 5) is 14.4. The fraction of sp³-hybridized carbons (Fsp3) is 0.111. The fourth-order valence-corrected chi connectivity index (χ4v) is 1.32. The average Bonchev–Trinajstić information content (AvgIpc) is 2.66.